The SMILES string of the molecule is C1=CCc2c(c3ccccc3n2-c2cccc([Si](c3ccccc3)(c3ccccc3)c3cccc(-n4c5c(c6ccccc64)=CCCC=5)c3)c2)C1. The fraction of sp³-hybridized carbons (Fsp3) is 0.0833. The van der Waals surface area contributed by atoms with E-state index < -0.39 is 8.07 Å². The number of allylic oxidation sites excluding steroid dienone is 2. The van der Waals surface area contributed by atoms with Gasteiger partial charge in [-0.15, -0.1) is 0 Å². The maximum absolute atomic E-state index is 2.85. The predicted molar refractivity (Wildman–Crippen MR) is 218 cm³/mol. The molecule has 0 saturated heterocycles. The van der Waals surface area contributed by atoms with E-state index in [1.54, 1.807) is 0 Å². The van der Waals surface area contributed by atoms with Gasteiger partial charge in [-0.2, -0.15) is 0 Å². The van der Waals surface area contributed by atoms with E-state index in [-0.39, 0.29) is 0 Å². The summed E-state index contributed by atoms with van der Waals surface area (Å²) in [6.45, 7) is 0. The van der Waals surface area contributed by atoms with Gasteiger partial charge in [-0.25, -0.2) is 0 Å². The first-order valence-electron chi connectivity index (χ1n) is 18.2. The Kier molecular flexibility index (Phi) is 7.14. The molecule has 0 amide bonds. The molecule has 0 aliphatic heterocycles. The molecule has 2 aliphatic carbocycles. The molecule has 8 aromatic rings. The van der Waals surface area contributed by atoms with Gasteiger partial charge in [0.05, 0.1) is 11.0 Å². The highest BCUT2D eigenvalue weighted by molar-refractivity contribution is 7.20. The van der Waals surface area contributed by atoms with Crippen molar-refractivity contribution in [2.75, 3.05) is 0 Å². The van der Waals surface area contributed by atoms with Gasteiger partial charge >= 0.3 is 0 Å². The van der Waals surface area contributed by atoms with Crippen molar-refractivity contribution in [1.29, 1.82) is 0 Å². The van der Waals surface area contributed by atoms with Crippen LogP contribution in [-0.4, -0.2) is 17.2 Å². The van der Waals surface area contributed by atoms with E-state index in [4.69, 9.17) is 0 Å². The molecule has 0 radical (unpaired) electrons. The minimum Gasteiger partial charge on any atom is -0.313 e. The van der Waals surface area contributed by atoms with Crippen LogP contribution in [0.1, 0.15) is 24.1 Å². The molecule has 6 aromatic carbocycles. The quantitative estimate of drug-likeness (QED) is 0.103. The number of rotatable bonds is 6. The van der Waals surface area contributed by atoms with E-state index in [1.807, 2.05) is 0 Å². The Hall–Kier alpha value is -5.90. The van der Waals surface area contributed by atoms with Gasteiger partial charge in [0, 0.05) is 44.8 Å². The Morgan fingerprint density at radius 3 is 1.65 bits per heavy atom. The summed E-state index contributed by atoms with van der Waals surface area (Å²) in [5.74, 6) is 0. The second-order valence-electron chi connectivity index (χ2n) is 13.9. The highest BCUT2D eigenvalue weighted by Gasteiger charge is 2.42. The van der Waals surface area contributed by atoms with Crippen LogP contribution in [-0.2, 0) is 12.8 Å². The maximum Gasteiger partial charge on any atom is 0.179 e. The lowest BCUT2D eigenvalue weighted by Gasteiger charge is -2.35. The molecule has 51 heavy (non-hydrogen) atoms. The Labute approximate surface area is 299 Å². The van der Waals surface area contributed by atoms with E-state index >= 15 is 0 Å². The Morgan fingerprint density at radius 1 is 0.431 bits per heavy atom. The van der Waals surface area contributed by atoms with Gasteiger partial charge in [0.2, 0.25) is 0 Å². The Balaban J connectivity index is 1.27. The molecule has 0 saturated carbocycles. The third kappa shape index (κ3) is 4.62. The topological polar surface area (TPSA) is 9.86 Å². The van der Waals surface area contributed by atoms with Crippen molar-refractivity contribution in [1.82, 2.24) is 9.13 Å². The summed E-state index contributed by atoms with van der Waals surface area (Å²) >= 11 is 0. The summed E-state index contributed by atoms with van der Waals surface area (Å²) in [5, 5.41) is 10.9. The second-order valence-corrected chi connectivity index (χ2v) is 17.7. The standard InChI is InChI=1S/C48H38N2Si/c1-3-19-37(20-4-1)51(38-21-5-2-6-22-38,39-23-15-17-35(33-39)49-45-29-11-7-25-41(45)42-26-8-12-30-46(42)49)40-24-16-18-36(34-40)50-47-31-13-9-27-43(47)44-28-10-14-32-48(44)50/h1-9,11-13,15-25,27-29,31-34H,10,14,26,30H2. The molecule has 0 bridgehead atoms. The fourth-order valence-electron chi connectivity index (χ4n) is 9.05. The minimum atomic E-state index is -2.85. The molecule has 2 aliphatic rings. The molecule has 2 heterocycles. The summed E-state index contributed by atoms with van der Waals surface area (Å²) in [7, 11) is -2.85. The van der Waals surface area contributed by atoms with Crippen molar-refractivity contribution in [3.05, 3.63) is 192 Å². The average Bonchev–Trinajstić information content (AvgIpc) is 3.73. The van der Waals surface area contributed by atoms with Crippen molar-refractivity contribution in [2.24, 2.45) is 0 Å². The van der Waals surface area contributed by atoms with Crippen molar-refractivity contribution in [3.63, 3.8) is 0 Å². The van der Waals surface area contributed by atoms with Crippen LogP contribution in [0, 0.1) is 0 Å². The molecule has 2 nitrogen and oxygen atoms in total. The number of para-hydroxylation sites is 2. The third-order valence-corrected chi connectivity index (χ3v) is 15.9. The molecule has 0 fully saturated rings. The summed E-state index contributed by atoms with van der Waals surface area (Å²) in [5.41, 5.74) is 7.86. The third-order valence-electron chi connectivity index (χ3n) is 11.2. The number of hydrogen-bond acceptors (Lipinski definition) is 0. The molecule has 2 aromatic heterocycles. The van der Waals surface area contributed by atoms with Gasteiger partial charge in [0.25, 0.3) is 0 Å². The number of aromatic nitrogens is 2. The summed E-state index contributed by atoms with van der Waals surface area (Å²) in [6.07, 6.45) is 13.6. The Morgan fingerprint density at radius 2 is 0.961 bits per heavy atom. The molecule has 10 rings (SSSR count). The summed E-state index contributed by atoms with van der Waals surface area (Å²) < 4.78 is 5.04. The summed E-state index contributed by atoms with van der Waals surface area (Å²) in [6, 6.07) is 59.5. The molecule has 0 N–H and O–H groups in total. The first kappa shape index (κ1) is 30.0. The second kappa shape index (κ2) is 12.2. The van der Waals surface area contributed by atoms with Crippen LogP contribution in [0.5, 0.6) is 0 Å². The van der Waals surface area contributed by atoms with E-state index in [9.17, 15) is 0 Å². The van der Waals surface area contributed by atoms with Crippen LogP contribution in [0.4, 0.5) is 0 Å². The Bertz CT molecular complexity index is 2710. The van der Waals surface area contributed by atoms with Crippen LogP contribution in [0.3, 0.4) is 0 Å². The zero-order chi connectivity index (χ0) is 33.8. The van der Waals surface area contributed by atoms with Gasteiger partial charge in [-0.05, 0) is 82.0 Å². The molecule has 3 heteroatoms. The lowest BCUT2D eigenvalue weighted by molar-refractivity contribution is 0.957. The van der Waals surface area contributed by atoms with Crippen LogP contribution in [0.15, 0.2) is 170 Å². The number of nitrogens with zero attached hydrogens (tertiary/aromatic N) is 2. The van der Waals surface area contributed by atoms with Gasteiger partial charge in [-0.1, -0.05) is 146 Å². The van der Waals surface area contributed by atoms with Crippen LogP contribution in [0.25, 0.3) is 45.3 Å². The van der Waals surface area contributed by atoms with Crippen LogP contribution in [0.2, 0.25) is 0 Å². The number of hydrogen-bond donors (Lipinski definition) is 0. The lowest BCUT2D eigenvalue weighted by Crippen LogP contribution is -2.74. The average molecular weight is 671 g/mol. The largest absolute Gasteiger partial charge is 0.313 e. The molecule has 0 spiro atoms. The van der Waals surface area contributed by atoms with E-state index in [2.05, 4.69) is 191 Å². The maximum atomic E-state index is 2.54. The van der Waals surface area contributed by atoms with Crippen molar-refractivity contribution >= 4 is 62.8 Å². The van der Waals surface area contributed by atoms with Gasteiger partial charge < -0.3 is 9.13 Å². The van der Waals surface area contributed by atoms with E-state index in [1.165, 1.54) is 75.8 Å². The van der Waals surface area contributed by atoms with Crippen molar-refractivity contribution < 1.29 is 0 Å². The highest BCUT2D eigenvalue weighted by Crippen LogP contribution is 2.32. The molecule has 244 valence electrons. The van der Waals surface area contributed by atoms with Crippen LogP contribution >= 0.6 is 0 Å². The van der Waals surface area contributed by atoms with E-state index in [0.29, 0.717) is 0 Å². The van der Waals surface area contributed by atoms with Crippen LogP contribution < -0.4 is 31.3 Å². The monoisotopic (exact) mass is 670 g/mol. The van der Waals surface area contributed by atoms with E-state index in [0.717, 1.165) is 25.7 Å². The number of fused-ring (bicyclic) bond motifs is 6. The summed E-state index contributed by atoms with van der Waals surface area (Å²) in [4.78, 5) is 0. The zero-order valence-electron chi connectivity index (χ0n) is 28.5. The molecular weight excluding hydrogens is 633 g/mol. The van der Waals surface area contributed by atoms with Gasteiger partial charge in [0.1, 0.15) is 0 Å². The van der Waals surface area contributed by atoms with Gasteiger partial charge in [-0.3, -0.25) is 0 Å². The van der Waals surface area contributed by atoms with Gasteiger partial charge in [0.15, 0.2) is 8.07 Å². The minimum absolute atomic E-state index is 0.944. The smallest absolute Gasteiger partial charge is 0.179 e. The predicted octanol–water partition coefficient (Wildman–Crippen LogP) is 6.96. The highest BCUT2D eigenvalue weighted by atomic mass is 28.3. The first-order valence-corrected chi connectivity index (χ1v) is 20.2. The number of benzene rings is 6. The fourth-order valence-corrected chi connectivity index (χ4v) is 13.9. The lowest BCUT2D eigenvalue weighted by atomic mass is 10.0. The molecule has 0 unspecified atom stereocenters. The molecule has 0 atom stereocenters. The van der Waals surface area contributed by atoms with Crippen molar-refractivity contribution in [3.8, 4) is 11.4 Å². The molecular formula is C48H38N2Si. The zero-order valence-corrected chi connectivity index (χ0v) is 29.5. The first-order chi connectivity index (χ1) is 25.3. The van der Waals surface area contributed by atoms with Crippen molar-refractivity contribution in [2.45, 2.75) is 25.7 Å². The normalized spacial score (nSPS) is 13.8.